The topological polar surface area (TPSA) is 38.1 Å². The number of hydrogen-bond acceptors (Lipinski definition) is 3. The summed E-state index contributed by atoms with van der Waals surface area (Å²) in [5.41, 5.74) is 1.04. The fraction of sp³-hybridized carbons (Fsp3) is 0.700. The number of amides is 1. The molecule has 1 saturated carbocycles. The highest BCUT2D eigenvalue weighted by Crippen LogP contribution is 2.37. The van der Waals surface area contributed by atoms with E-state index in [2.05, 4.69) is 34.6 Å². The first-order valence-corrected chi connectivity index (χ1v) is 10.6. The number of hydrogen-bond donors (Lipinski definition) is 0. The normalized spacial score (nSPS) is 24.1. The van der Waals surface area contributed by atoms with Crippen molar-refractivity contribution in [3.8, 4) is 0 Å². The van der Waals surface area contributed by atoms with Crippen LogP contribution in [0.4, 0.5) is 0 Å². The lowest BCUT2D eigenvalue weighted by Crippen LogP contribution is -2.44. The van der Waals surface area contributed by atoms with Crippen molar-refractivity contribution in [2.45, 2.75) is 59.4 Å². The summed E-state index contributed by atoms with van der Waals surface area (Å²) in [5.74, 6) is 2.39. The van der Waals surface area contributed by atoms with Crippen LogP contribution in [0.25, 0.3) is 10.2 Å². The second-order valence-corrected chi connectivity index (χ2v) is 9.37. The molecular formula is C20H29N3OS. The van der Waals surface area contributed by atoms with E-state index in [1.807, 2.05) is 6.92 Å². The SMILES string of the molecule is Cc1nn(CC(C)C)c2sc(C(=O)N3CC[C@H]4CCCC[C@H]4C3)cc12. The number of carbonyl (C=O) groups is 1. The number of piperidine rings is 1. The van der Waals surface area contributed by atoms with Gasteiger partial charge in [-0.1, -0.05) is 33.1 Å². The van der Waals surface area contributed by atoms with E-state index in [9.17, 15) is 4.79 Å². The molecule has 136 valence electrons. The smallest absolute Gasteiger partial charge is 0.264 e. The van der Waals surface area contributed by atoms with Crippen molar-refractivity contribution in [3.63, 3.8) is 0 Å². The highest BCUT2D eigenvalue weighted by molar-refractivity contribution is 7.20. The fourth-order valence-electron chi connectivity index (χ4n) is 4.63. The molecule has 1 saturated heterocycles. The van der Waals surface area contributed by atoms with Gasteiger partial charge in [0.25, 0.3) is 5.91 Å². The summed E-state index contributed by atoms with van der Waals surface area (Å²) < 4.78 is 2.09. The summed E-state index contributed by atoms with van der Waals surface area (Å²) >= 11 is 1.63. The Kier molecular flexibility index (Phi) is 4.61. The summed E-state index contributed by atoms with van der Waals surface area (Å²) in [6, 6.07) is 2.08. The van der Waals surface area contributed by atoms with Gasteiger partial charge in [0.1, 0.15) is 4.83 Å². The molecule has 5 heteroatoms. The molecule has 2 aromatic rings. The molecule has 1 aliphatic carbocycles. The van der Waals surface area contributed by atoms with Crippen LogP contribution in [-0.2, 0) is 6.54 Å². The Morgan fingerprint density at radius 1 is 1.28 bits per heavy atom. The van der Waals surface area contributed by atoms with E-state index in [-0.39, 0.29) is 5.91 Å². The van der Waals surface area contributed by atoms with Crippen LogP contribution in [0.1, 0.15) is 61.3 Å². The molecular weight excluding hydrogens is 330 g/mol. The molecule has 0 bridgehead atoms. The van der Waals surface area contributed by atoms with E-state index in [1.54, 1.807) is 11.3 Å². The Labute approximate surface area is 154 Å². The maximum Gasteiger partial charge on any atom is 0.264 e. The zero-order valence-electron chi connectivity index (χ0n) is 15.6. The zero-order chi connectivity index (χ0) is 17.6. The molecule has 0 radical (unpaired) electrons. The van der Waals surface area contributed by atoms with Gasteiger partial charge in [0.2, 0.25) is 0 Å². The van der Waals surface area contributed by atoms with Crippen molar-refractivity contribution in [2.24, 2.45) is 17.8 Å². The molecule has 2 aliphatic rings. The monoisotopic (exact) mass is 359 g/mol. The number of nitrogens with zero attached hydrogens (tertiary/aromatic N) is 3. The number of aromatic nitrogens is 2. The lowest BCUT2D eigenvalue weighted by Gasteiger charge is -2.41. The Balaban J connectivity index is 1.56. The number of fused-ring (bicyclic) bond motifs is 2. The van der Waals surface area contributed by atoms with Crippen LogP contribution in [0.5, 0.6) is 0 Å². The second kappa shape index (κ2) is 6.75. The predicted octanol–water partition coefficient (Wildman–Crippen LogP) is 4.71. The largest absolute Gasteiger partial charge is 0.338 e. The van der Waals surface area contributed by atoms with Crippen molar-refractivity contribution in [3.05, 3.63) is 16.6 Å². The van der Waals surface area contributed by atoms with Crippen LogP contribution in [0.3, 0.4) is 0 Å². The Morgan fingerprint density at radius 3 is 2.80 bits per heavy atom. The molecule has 25 heavy (non-hydrogen) atoms. The summed E-state index contributed by atoms with van der Waals surface area (Å²) in [6.07, 6.45) is 6.61. The molecule has 2 fully saturated rings. The zero-order valence-corrected chi connectivity index (χ0v) is 16.4. The predicted molar refractivity (Wildman–Crippen MR) is 103 cm³/mol. The number of thiophene rings is 1. The molecule has 3 heterocycles. The minimum absolute atomic E-state index is 0.237. The molecule has 1 amide bonds. The molecule has 4 nitrogen and oxygen atoms in total. The van der Waals surface area contributed by atoms with Gasteiger partial charge in [0.05, 0.1) is 10.6 Å². The minimum Gasteiger partial charge on any atom is -0.338 e. The average Bonchev–Trinajstić information content (AvgIpc) is 3.15. The molecule has 0 aromatic carbocycles. The number of carbonyl (C=O) groups excluding carboxylic acids is 1. The van der Waals surface area contributed by atoms with Gasteiger partial charge in [-0.3, -0.25) is 9.48 Å². The summed E-state index contributed by atoms with van der Waals surface area (Å²) in [6.45, 7) is 9.27. The van der Waals surface area contributed by atoms with Crippen molar-refractivity contribution >= 4 is 27.5 Å². The molecule has 2 aromatic heterocycles. The second-order valence-electron chi connectivity index (χ2n) is 8.34. The van der Waals surface area contributed by atoms with Crippen molar-refractivity contribution in [1.82, 2.24) is 14.7 Å². The van der Waals surface area contributed by atoms with Crippen molar-refractivity contribution < 1.29 is 4.79 Å². The van der Waals surface area contributed by atoms with Crippen molar-refractivity contribution in [2.75, 3.05) is 13.1 Å². The van der Waals surface area contributed by atoms with E-state index in [0.29, 0.717) is 5.92 Å². The minimum atomic E-state index is 0.237. The van der Waals surface area contributed by atoms with Gasteiger partial charge in [-0.05, 0) is 43.6 Å². The average molecular weight is 360 g/mol. The lowest BCUT2D eigenvalue weighted by atomic mass is 9.75. The Hall–Kier alpha value is -1.36. The fourth-order valence-corrected chi connectivity index (χ4v) is 5.77. The standard InChI is InChI=1S/C20H29N3OS/c1-13(2)11-23-20-17(14(3)21-23)10-18(25-20)19(24)22-9-8-15-6-4-5-7-16(15)12-22/h10,13,15-16H,4-9,11-12H2,1-3H3/t15-,16+/m1/s1. The third-order valence-electron chi connectivity index (χ3n) is 5.93. The lowest BCUT2D eigenvalue weighted by molar-refractivity contribution is 0.0525. The first kappa shape index (κ1) is 17.1. The van der Waals surface area contributed by atoms with E-state index in [4.69, 9.17) is 0 Å². The van der Waals surface area contributed by atoms with E-state index < -0.39 is 0 Å². The van der Waals surface area contributed by atoms with E-state index >= 15 is 0 Å². The molecule has 2 atom stereocenters. The highest BCUT2D eigenvalue weighted by Gasteiger charge is 2.33. The van der Waals surface area contributed by atoms with Crippen LogP contribution in [0.15, 0.2) is 6.07 Å². The number of likely N-dealkylation sites (tertiary alicyclic amines) is 1. The van der Waals surface area contributed by atoms with Gasteiger partial charge in [0.15, 0.2) is 0 Å². The van der Waals surface area contributed by atoms with Crippen molar-refractivity contribution in [1.29, 1.82) is 0 Å². The summed E-state index contributed by atoms with van der Waals surface area (Å²) in [5, 5.41) is 5.81. The third kappa shape index (κ3) is 3.23. The molecule has 0 spiro atoms. The third-order valence-corrected chi connectivity index (χ3v) is 7.07. The number of aryl methyl sites for hydroxylation is 1. The van der Waals surface area contributed by atoms with Crippen LogP contribution < -0.4 is 0 Å². The Morgan fingerprint density at radius 2 is 2.04 bits per heavy atom. The first-order chi connectivity index (χ1) is 12.0. The van der Waals surface area contributed by atoms with Gasteiger partial charge >= 0.3 is 0 Å². The van der Waals surface area contributed by atoms with Gasteiger partial charge < -0.3 is 4.90 Å². The summed E-state index contributed by atoms with van der Waals surface area (Å²) in [7, 11) is 0. The van der Waals surface area contributed by atoms with E-state index in [1.165, 1.54) is 32.1 Å². The molecule has 0 N–H and O–H groups in total. The summed E-state index contributed by atoms with van der Waals surface area (Å²) in [4.78, 5) is 17.3. The van der Waals surface area contributed by atoms with E-state index in [0.717, 1.165) is 52.3 Å². The van der Waals surface area contributed by atoms with Gasteiger partial charge in [-0.2, -0.15) is 5.10 Å². The van der Waals surface area contributed by atoms with Crippen LogP contribution >= 0.6 is 11.3 Å². The van der Waals surface area contributed by atoms with Gasteiger partial charge in [-0.25, -0.2) is 0 Å². The van der Waals surface area contributed by atoms with Crippen LogP contribution in [-0.4, -0.2) is 33.7 Å². The van der Waals surface area contributed by atoms with Crippen LogP contribution in [0, 0.1) is 24.7 Å². The molecule has 0 unspecified atom stereocenters. The highest BCUT2D eigenvalue weighted by atomic mass is 32.1. The first-order valence-electron chi connectivity index (χ1n) is 9.79. The molecule has 1 aliphatic heterocycles. The Bertz CT molecular complexity index is 775. The van der Waals surface area contributed by atoms with Crippen LogP contribution in [0.2, 0.25) is 0 Å². The maximum absolute atomic E-state index is 13.1. The maximum atomic E-state index is 13.1. The van der Waals surface area contributed by atoms with Gasteiger partial charge in [-0.15, -0.1) is 11.3 Å². The van der Waals surface area contributed by atoms with Gasteiger partial charge in [0, 0.05) is 25.0 Å². The quantitative estimate of drug-likeness (QED) is 0.795. The molecule has 4 rings (SSSR count). The number of rotatable bonds is 3.